The molecule has 0 saturated heterocycles. The van der Waals surface area contributed by atoms with Crippen LogP contribution >= 0.6 is 11.3 Å². The van der Waals surface area contributed by atoms with Crippen LogP contribution in [0.2, 0.25) is 0 Å². The number of hydrogen-bond donors (Lipinski definition) is 1. The average molecular weight is 228 g/mol. The third-order valence-corrected chi connectivity index (χ3v) is 3.76. The van der Waals surface area contributed by atoms with Gasteiger partial charge in [-0.25, -0.2) is 0 Å². The maximum absolute atomic E-state index is 5.75. The standard InChI is InChI=1S/C13H12N2S/c1-15-7-6-9-8-10(2-3-11(9)15)12-4-5-13(14)16-12/h2-8H,14H2,1H3. The lowest BCUT2D eigenvalue weighted by atomic mass is 10.1. The van der Waals surface area contributed by atoms with E-state index in [9.17, 15) is 0 Å². The highest BCUT2D eigenvalue weighted by Gasteiger charge is 2.03. The molecule has 2 heterocycles. The molecule has 0 fully saturated rings. The van der Waals surface area contributed by atoms with Crippen LogP contribution in [0.5, 0.6) is 0 Å². The van der Waals surface area contributed by atoms with Crippen LogP contribution in [-0.4, -0.2) is 4.57 Å². The van der Waals surface area contributed by atoms with E-state index in [1.807, 2.05) is 6.07 Å². The summed E-state index contributed by atoms with van der Waals surface area (Å²) in [5, 5.41) is 2.13. The second-order valence-electron chi connectivity index (χ2n) is 3.90. The molecule has 2 nitrogen and oxygen atoms in total. The molecule has 0 aliphatic carbocycles. The second-order valence-corrected chi connectivity index (χ2v) is 5.02. The van der Waals surface area contributed by atoms with Gasteiger partial charge in [0.2, 0.25) is 0 Å². The zero-order chi connectivity index (χ0) is 11.1. The molecule has 2 N–H and O–H groups in total. The SMILES string of the molecule is Cn1ccc2cc(-c3ccc(N)s3)ccc21. The van der Waals surface area contributed by atoms with Gasteiger partial charge in [0.25, 0.3) is 0 Å². The van der Waals surface area contributed by atoms with Crippen molar-refractivity contribution in [1.82, 2.24) is 4.57 Å². The van der Waals surface area contributed by atoms with Gasteiger partial charge in [-0.15, -0.1) is 11.3 Å². The lowest BCUT2D eigenvalue weighted by molar-refractivity contribution is 0.969. The molecule has 16 heavy (non-hydrogen) atoms. The Morgan fingerprint density at radius 1 is 1.12 bits per heavy atom. The van der Waals surface area contributed by atoms with Crippen LogP contribution in [0.1, 0.15) is 0 Å². The number of hydrogen-bond acceptors (Lipinski definition) is 2. The molecule has 0 aliphatic rings. The molecule has 0 unspecified atom stereocenters. The average Bonchev–Trinajstić information content (AvgIpc) is 2.86. The zero-order valence-electron chi connectivity index (χ0n) is 8.97. The molecular formula is C13H12N2S. The van der Waals surface area contributed by atoms with Crippen molar-refractivity contribution >= 4 is 27.2 Å². The van der Waals surface area contributed by atoms with Gasteiger partial charge in [0.05, 0.1) is 5.00 Å². The van der Waals surface area contributed by atoms with Gasteiger partial charge < -0.3 is 10.3 Å². The Labute approximate surface area is 97.9 Å². The summed E-state index contributed by atoms with van der Waals surface area (Å²) in [7, 11) is 2.06. The Morgan fingerprint density at radius 2 is 2.00 bits per heavy atom. The predicted octanol–water partition coefficient (Wildman–Crippen LogP) is 3.49. The molecule has 2 aromatic heterocycles. The van der Waals surface area contributed by atoms with Crippen LogP contribution in [0.4, 0.5) is 5.00 Å². The van der Waals surface area contributed by atoms with E-state index in [4.69, 9.17) is 5.73 Å². The number of aryl methyl sites for hydroxylation is 1. The van der Waals surface area contributed by atoms with Gasteiger partial charge in [0.15, 0.2) is 0 Å². The molecule has 1 aromatic carbocycles. The highest BCUT2D eigenvalue weighted by Crippen LogP contribution is 2.31. The monoisotopic (exact) mass is 228 g/mol. The van der Waals surface area contributed by atoms with Crippen LogP contribution < -0.4 is 5.73 Å². The van der Waals surface area contributed by atoms with Crippen LogP contribution in [0.3, 0.4) is 0 Å². The zero-order valence-corrected chi connectivity index (χ0v) is 9.79. The Bertz CT molecular complexity index is 649. The summed E-state index contributed by atoms with van der Waals surface area (Å²) in [6.45, 7) is 0. The van der Waals surface area contributed by atoms with Gasteiger partial charge in [0.1, 0.15) is 0 Å². The van der Waals surface area contributed by atoms with E-state index in [1.54, 1.807) is 11.3 Å². The Balaban J connectivity index is 2.18. The first-order chi connectivity index (χ1) is 7.74. The smallest absolute Gasteiger partial charge is 0.0862 e. The normalized spacial score (nSPS) is 11.1. The minimum atomic E-state index is 0.864. The van der Waals surface area contributed by atoms with E-state index in [1.165, 1.54) is 21.3 Å². The van der Waals surface area contributed by atoms with Gasteiger partial charge in [0, 0.05) is 29.0 Å². The number of nitrogen functional groups attached to an aromatic ring is 1. The van der Waals surface area contributed by atoms with Crippen molar-refractivity contribution in [2.45, 2.75) is 0 Å². The lowest BCUT2D eigenvalue weighted by Crippen LogP contribution is -1.83. The molecule has 80 valence electrons. The summed E-state index contributed by atoms with van der Waals surface area (Å²) in [6, 6.07) is 12.7. The van der Waals surface area contributed by atoms with E-state index >= 15 is 0 Å². The van der Waals surface area contributed by atoms with Gasteiger partial charge in [-0.3, -0.25) is 0 Å². The highest BCUT2D eigenvalue weighted by atomic mass is 32.1. The predicted molar refractivity (Wildman–Crippen MR) is 70.6 cm³/mol. The number of benzene rings is 1. The molecule has 3 aromatic rings. The van der Waals surface area contributed by atoms with Crippen LogP contribution in [-0.2, 0) is 7.05 Å². The first kappa shape index (κ1) is 9.48. The second kappa shape index (κ2) is 3.39. The number of nitrogens with two attached hydrogens (primary N) is 1. The van der Waals surface area contributed by atoms with Gasteiger partial charge in [-0.05, 0) is 35.9 Å². The molecule has 0 amide bonds. The van der Waals surface area contributed by atoms with Crippen LogP contribution in [0.15, 0.2) is 42.6 Å². The number of aromatic nitrogens is 1. The Kier molecular flexibility index (Phi) is 2.01. The molecular weight excluding hydrogens is 216 g/mol. The summed E-state index contributed by atoms with van der Waals surface area (Å²) in [5.74, 6) is 0. The number of thiophene rings is 1. The van der Waals surface area contributed by atoms with Gasteiger partial charge in [-0.2, -0.15) is 0 Å². The molecule has 0 spiro atoms. The molecule has 0 aliphatic heterocycles. The first-order valence-corrected chi connectivity index (χ1v) is 5.96. The Hall–Kier alpha value is -1.74. The van der Waals surface area contributed by atoms with Crippen molar-refractivity contribution in [3.8, 4) is 10.4 Å². The van der Waals surface area contributed by atoms with Gasteiger partial charge in [-0.1, -0.05) is 6.07 Å². The summed E-state index contributed by atoms with van der Waals surface area (Å²) in [5.41, 5.74) is 8.24. The topological polar surface area (TPSA) is 30.9 Å². The van der Waals surface area contributed by atoms with Crippen molar-refractivity contribution in [1.29, 1.82) is 0 Å². The number of anilines is 1. The highest BCUT2D eigenvalue weighted by molar-refractivity contribution is 7.19. The third-order valence-electron chi connectivity index (χ3n) is 2.80. The van der Waals surface area contributed by atoms with Crippen LogP contribution in [0.25, 0.3) is 21.3 Å². The minimum absolute atomic E-state index is 0.864. The summed E-state index contributed by atoms with van der Waals surface area (Å²) in [6.07, 6.45) is 2.08. The van der Waals surface area contributed by atoms with Gasteiger partial charge >= 0.3 is 0 Å². The molecule has 3 heteroatoms. The number of rotatable bonds is 1. The Morgan fingerprint density at radius 3 is 2.75 bits per heavy atom. The van der Waals surface area contributed by atoms with Crippen molar-refractivity contribution < 1.29 is 0 Å². The molecule has 0 bridgehead atoms. The number of nitrogens with zero attached hydrogens (tertiary/aromatic N) is 1. The van der Waals surface area contributed by atoms with Crippen molar-refractivity contribution in [2.75, 3.05) is 5.73 Å². The summed E-state index contributed by atoms with van der Waals surface area (Å²) >= 11 is 1.63. The van der Waals surface area contributed by atoms with E-state index in [-0.39, 0.29) is 0 Å². The lowest BCUT2D eigenvalue weighted by Gasteiger charge is -1.99. The molecule has 3 rings (SSSR count). The minimum Gasteiger partial charge on any atom is -0.391 e. The maximum Gasteiger partial charge on any atom is 0.0862 e. The van der Waals surface area contributed by atoms with Crippen LogP contribution in [0, 0.1) is 0 Å². The van der Waals surface area contributed by atoms with Crippen molar-refractivity contribution in [3.63, 3.8) is 0 Å². The largest absolute Gasteiger partial charge is 0.391 e. The van der Waals surface area contributed by atoms with Crippen molar-refractivity contribution in [3.05, 3.63) is 42.6 Å². The maximum atomic E-state index is 5.75. The first-order valence-electron chi connectivity index (χ1n) is 5.15. The van der Waals surface area contributed by atoms with E-state index < -0.39 is 0 Å². The summed E-state index contributed by atoms with van der Waals surface area (Å²) in [4.78, 5) is 1.23. The van der Waals surface area contributed by atoms with E-state index in [2.05, 4.69) is 48.1 Å². The summed E-state index contributed by atoms with van der Waals surface area (Å²) < 4.78 is 2.13. The fraction of sp³-hybridized carbons (Fsp3) is 0.0769. The fourth-order valence-electron chi connectivity index (χ4n) is 1.94. The number of fused-ring (bicyclic) bond motifs is 1. The molecule has 0 radical (unpaired) electrons. The van der Waals surface area contributed by atoms with E-state index in [0.29, 0.717) is 0 Å². The van der Waals surface area contributed by atoms with E-state index in [0.717, 1.165) is 5.00 Å². The molecule has 0 saturated carbocycles. The third kappa shape index (κ3) is 1.41. The fourth-order valence-corrected chi connectivity index (χ4v) is 2.71. The quantitative estimate of drug-likeness (QED) is 0.679. The molecule has 0 atom stereocenters. The van der Waals surface area contributed by atoms with Crippen molar-refractivity contribution in [2.24, 2.45) is 7.05 Å².